The lowest BCUT2D eigenvalue weighted by Crippen LogP contribution is -2.36. The summed E-state index contributed by atoms with van der Waals surface area (Å²) in [5.74, 6) is 0.159. The zero-order valence-electron chi connectivity index (χ0n) is 11.3. The van der Waals surface area contributed by atoms with E-state index in [1.54, 1.807) is 18.2 Å². The average molecular weight is 304 g/mol. The van der Waals surface area contributed by atoms with Gasteiger partial charge in [-0.05, 0) is 36.6 Å². The molecule has 1 rings (SSSR count). The fraction of sp³-hybridized carbons (Fsp3) is 0.500. The van der Waals surface area contributed by atoms with Crippen molar-refractivity contribution in [1.82, 2.24) is 5.32 Å². The van der Waals surface area contributed by atoms with Crippen LogP contribution in [0.4, 0.5) is 0 Å². The Hall–Kier alpha value is -0.770. The first-order valence-corrected chi connectivity index (χ1v) is 6.98. The lowest BCUT2D eigenvalue weighted by Gasteiger charge is -2.19. The summed E-state index contributed by atoms with van der Waals surface area (Å²) in [6.45, 7) is 5.99. The number of halogens is 2. The summed E-state index contributed by atoms with van der Waals surface area (Å²) in [5, 5.41) is 13.7. The molecule has 0 bridgehead atoms. The lowest BCUT2D eigenvalue weighted by molar-refractivity contribution is -0.124. The molecule has 0 aliphatic carbocycles. The predicted octanol–water partition coefficient (Wildman–Crippen LogP) is 3.58. The van der Waals surface area contributed by atoms with Crippen molar-refractivity contribution in [3.63, 3.8) is 0 Å². The first kappa shape index (κ1) is 16.3. The van der Waals surface area contributed by atoms with Gasteiger partial charge in [-0.25, -0.2) is 0 Å². The molecule has 106 valence electrons. The van der Waals surface area contributed by atoms with Crippen molar-refractivity contribution in [2.24, 2.45) is 5.92 Å². The summed E-state index contributed by atoms with van der Waals surface area (Å²) in [6, 6.07) is 4.87. The highest BCUT2D eigenvalue weighted by Crippen LogP contribution is 2.25. The van der Waals surface area contributed by atoms with E-state index in [9.17, 15) is 9.90 Å². The van der Waals surface area contributed by atoms with E-state index < -0.39 is 6.10 Å². The van der Waals surface area contributed by atoms with Crippen molar-refractivity contribution >= 4 is 29.1 Å². The third-order valence-electron chi connectivity index (χ3n) is 3.04. The van der Waals surface area contributed by atoms with Crippen LogP contribution >= 0.6 is 23.2 Å². The normalized spacial score (nSPS) is 14.3. The number of benzene rings is 1. The quantitative estimate of drug-likeness (QED) is 0.873. The number of carbonyl (C=O) groups excluding carboxylic acids is 1. The molecule has 0 saturated heterocycles. The number of nitrogens with one attached hydrogen (secondary N) is 1. The van der Waals surface area contributed by atoms with Gasteiger partial charge < -0.3 is 10.4 Å². The van der Waals surface area contributed by atoms with E-state index in [-0.39, 0.29) is 18.4 Å². The Morgan fingerprint density at radius 3 is 2.21 bits per heavy atom. The van der Waals surface area contributed by atoms with Gasteiger partial charge in [0.15, 0.2) is 0 Å². The molecule has 0 heterocycles. The molecule has 1 aromatic carbocycles. The molecule has 0 spiro atoms. The summed E-state index contributed by atoms with van der Waals surface area (Å²) < 4.78 is 0. The van der Waals surface area contributed by atoms with Crippen LogP contribution in [0.3, 0.4) is 0 Å². The van der Waals surface area contributed by atoms with Gasteiger partial charge in [0.1, 0.15) is 0 Å². The van der Waals surface area contributed by atoms with Crippen LogP contribution in [0.1, 0.15) is 38.9 Å². The number of aliphatic hydroxyl groups excluding tert-OH is 1. The second-order valence-electron chi connectivity index (χ2n) is 5.02. The topological polar surface area (TPSA) is 49.3 Å². The van der Waals surface area contributed by atoms with Crippen LogP contribution in [0.5, 0.6) is 0 Å². The van der Waals surface area contributed by atoms with E-state index >= 15 is 0 Å². The maximum absolute atomic E-state index is 11.8. The molecule has 2 N–H and O–H groups in total. The molecule has 0 radical (unpaired) electrons. The Bertz CT molecular complexity index is 429. The van der Waals surface area contributed by atoms with E-state index in [4.69, 9.17) is 23.2 Å². The third-order valence-corrected chi connectivity index (χ3v) is 3.47. The van der Waals surface area contributed by atoms with Crippen molar-refractivity contribution in [3.05, 3.63) is 33.8 Å². The van der Waals surface area contributed by atoms with Gasteiger partial charge in [-0.15, -0.1) is 0 Å². The number of hydrogen-bond donors (Lipinski definition) is 2. The largest absolute Gasteiger partial charge is 0.388 e. The van der Waals surface area contributed by atoms with Gasteiger partial charge in [-0.1, -0.05) is 37.0 Å². The van der Waals surface area contributed by atoms with E-state index in [1.807, 2.05) is 20.8 Å². The molecule has 2 unspecified atom stereocenters. The van der Waals surface area contributed by atoms with Crippen molar-refractivity contribution in [3.8, 4) is 0 Å². The Kier molecular flexibility index (Phi) is 6.11. The Labute approximate surface area is 123 Å². The van der Waals surface area contributed by atoms with Crippen LogP contribution in [0, 0.1) is 5.92 Å². The smallest absolute Gasteiger partial charge is 0.223 e. The fourth-order valence-electron chi connectivity index (χ4n) is 1.54. The Morgan fingerprint density at radius 1 is 1.21 bits per heavy atom. The van der Waals surface area contributed by atoms with Gasteiger partial charge in [-0.2, -0.15) is 0 Å². The minimum absolute atomic E-state index is 0.00622. The average Bonchev–Trinajstić information content (AvgIpc) is 2.26. The first-order valence-electron chi connectivity index (χ1n) is 6.23. The van der Waals surface area contributed by atoms with E-state index in [2.05, 4.69) is 5.32 Å². The van der Waals surface area contributed by atoms with Gasteiger partial charge in [-0.3, -0.25) is 4.79 Å². The highest BCUT2D eigenvalue weighted by Gasteiger charge is 2.16. The number of amides is 1. The molecule has 0 saturated carbocycles. The number of hydrogen-bond acceptors (Lipinski definition) is 2. The second kappa shape index (κ2) is 7.13. The molecule has 0 aliphatic heterocycles. The molecule has 3 nitrogen and oxygen atoms in total. The van der Waals surface area contributed by atoms with Gasteiger partial charge in [0.05, 0.1) is 12.5 Å². The highest BCUT2D eigenvalue weighted by molar-refractivity contribution is 6.34. The molecule has 2 atom stereocenters. The number of aliphatic hydroxyl groups is 1. The fourth-order valence-corrected chi connectivity index (χ4v) is 2.08. The van der Waals surface area contributed by atoms with Crippen molar-refractivity contribution in [1.29, 1.82) is 0 Å². The summed E-state index contributed by atoms with van der Waals surface area (Å²) in [4.78, 5) is 11.8. The summed E-state index contributed by atoms with van der Waals surface area (Å²) in [7, 11) is 0. The Morgan fingerprint density at radius 2 is 1.74 bits per heavy atom. The van der Waals surface area contributed by atoms with Crippen LogP contribution in [-0.2, 0) is 4.79 Å². The predicted molar refractivity (Wildman–Crippen MR) is 78.5 cm³/mol. The molecule has 0 aliphatic rings. The number of rotatable bonds is 5. The van der Waals surface area contributed by atoms with E-state index in [0.29, 0.717) is 21.5 Å². The zero-order chi connectivity index (χ0) is 14.6. The first-order chi connectivity index (χ1) is 8.79. The van der Waals surface area contributed by atoms with Crippen molar-refractivity contribution in [2.75, 3.05) is 0 Å². The molecule has 0 fully saturated rings. The van der Waals surface area contributed by atoms with Crippen molar-refractivity contribution < 1.29 is 9.90 Å². The summed E-state index contributed by atoms with van der Waals surface area (Å²) in [6.07, 6.45) is -0.913. The molecule has 1 aromatic rings. The molecule has 0 aromatic heterocycles. The van der Waals surface area contributed by atoms with Crippen LogP contribution < -0.4 is 5.32 Å². The van der Waals surface area contributed by atoms with Crippen molar-refractivity contribution in [2.45, 2.75) is 39.3 Å². The summed E-state index contributed by atoms with van der Waals surface area (Å²) in [5.41, 5.74) is 0.546. The van der Waals surface area contributed by atoms with E-state index in [1.165, 1.54) is 0 Å². The van der Waals surface area contributed by atoms with Gasteiger partial charge >= 0.3 is 0 Å². The minimum atomic E-state index is -0.907. The van der Waals surface area contributed by atoms with Crippen LogP contribution in [-0.4, -0.2) is 17.1 Å². The van der Waals surface area contributed by atoms with Crippen LogP contribution in [0.15, 0.2) is 18.2 Å². The molecule has 1 amide bonds. The van der Waals surface area contributed by atoms with Gasteiger partial charge in [0.25, 0.3) is 0 Å². The van der Waals surface area contributed by atoms with Crippen LogP contribution in [0.2, 0.25) is 10.0 Å². The maximum Gasteiger partial charge on any atom is 0.223 e. The number of carbonyl (C=O) groups is 1. The minimum Gasteiger partial charge on any atom is -0.388 e. The zero-order valence-corrected chi connectivity index (χ0v) is 12.8. The monoisotopic (exact) mass is 303 g/mol. The third kappa shape index (κ3) is 5.39. The van der Waals surface area contributed by atoms with Gasteiger partial charge in [0, 0.05) is 16.1 Å². The van der Waals surface area contributed by atoms with E-state index in [0.717, 1.165) is 0 Å². The van der Waals surface area contributed by atoms with Gasteiger partial charge in [0.2, 0.25) is 5.91 Å². The Balaban J connectivity index is 2.63. The molecular formula is C14H19Cl2NO2. The second-order valence-corrected chi connectivity index (χ2v) is 5.90. The highest BCUT2D eigenvalue weighted by atomic mass is 35.5. The lowest BCUT2D eigenvalue weighted by atomic mass is 10.0. The molecule has 19 heavy (non-hydrogen) atoms. The maximum atomic E-state index is 11.8. The molecule has 5 heteroatoms. The SMILES string of the molecule is CC(C)C(C)NC(=O)CC(O)c1cc(Cl)cc(Cl)c1. The summed E-state index contributed by atoms with van der Waals surface area (Å²) >= 11 is 11.7. The molecular weight excluding hydrogens is 285 g/mol. The standard InChI is InChI=1S/C14H19Cl2NO2/c1-8(2)9(3)17-14(19)7-13(18)10-4-11(15)6-12(16)5-10/h4-6,8-9,13,18H,7H2,1-3H3,(H,17,19). The van der Waals surface area contributed by atoms with Crippen LogP contribution in [0.25, 0.3) is 0 Å².